The van der Waals surface area contributed by atoms with Gasteiger partial charge in [-0.1, -0.05) is 42.8 Å². The first kappa shape index (κ1) is 23.3. The normalized spacial score (nSPS) is 18.8. The predicted molar refractivity (Wildman–Crippen MR) is 138 cm³/mol. The Balaban J connectivity index is 1.44. The molecule has 184 valence electrons. The maximum Gasteiger partial charge on any atom is 0.295 e. The second-order valence-electron chi connectivity index (χ2n) is 10.00. The summed E-state index contributed by atoms with van der Waals surface area (Å²) < 4.78 is 15.6. The van der Waals surface area contributed by atoms with Gasteiger partial charge in [-0.05, 0) is 42.7 Å². The molecule has 3 heterocycles. The number of thiazole rings is 1. The summed E-state index contributed by atoms with van der Waals surface area (Å²) in [5.74, 6) is -1.73. The van der Waals surface area contributed by atoms with Crippen LogP contribution < -0.4 is 5.11 Å². The van der Waals surface area contributed by atoms with Gasteiger partial charge >= 0.3 is 0 Å². The van der Waals surface area contributed by atoms with E-state index < -0.39 is 22.4 Å². The summed E-state index contributed by atoms with van der Waals surface area (Å²) >= 11 is 0. The van der Waals surface area contributed by atoms with Crippen molar-refractivity contribution in [3.8, 4) is 10.6 Å². The lowest BCUT2D eigenvalue weighted by Gasteiger charge is -2.39. The Kier molecular flexibility index (Phi) is 6.05. The van der Waals surface area contributed by atoms with E-state index in [1.165, 1.54) is 12.0 Å². The van der Waals surface area contributed by atoms with Crippen LogP contribution in [0.5, 0.6) is 0 Å². The molecule has 2 aromatic heterocycles. The van der Waals surface area contributed by atoms with E-state index in [-0.39, 0.29) is 10.6 Å². The van der Waals surface area contributed by atoms with Crippen molar-refractivity contribution in [1.29, 1.82) is 0 Å². The van der Waals surface area contributed by atoms with Gasteiger partial charge in [0, 0.05) is 66.6 Å². The second-order valence-corrected chi connectivity index (χ2v) is 12.2. The van der Waals surface area contributed by atoms with Gasteiger partial charge in [-0.15, -0.1) is 0 Å². The first-order chi connectivity index (χ1) is 17.5. The van der Waals surface area contributed by atoms with Crippen molar-refractivity contribution in [3.05, 3.63) is 83.8 Å². The average Bonchev–Trinajstić information content (AvgIpc) is 3.26. The molecule has 36 heavy (non-hydrogen) atoms. The third-order valence-corrected chi connectivity index (χ3v) is 10.5. The Labute approximate surface area is 212 Å². The minimum Gasteiger partial charge on any atom is -0.550 e. The van der Waals surface area contributed by atoms with E-state index in [9.17, 15) is 9.90 Å². The second kappa shape index (κ2) is 9.37. The van der Waals surface area contributed by atoms with Crippen LogP contribution in [0.25, 0.3) is 20.9 Å². The van der Waals surface area contributed by atoms with E-state index in [0.29, 0.717) is 25.2 Å². The first-order valence-electron chi connectivity index (χ1n) is 12.6. The van der Waals surface area contributed by atoms with Crippen LogP contribution in [0.1, 0.15) is 43.2 Å². The van der Waals surface area contributed by atoms with Crippen molar-refractivity contribution in [2.45, 2.75) is 43.4 Å². The SMILES string of the molecule is O=C([O-])C1CN(Cc2ccc(-c3nc4cccnc4[s+]3C3(c4ccccc4)CCCCC3)c(F)c2)C1. The van der Waals surface area contributed by atoms with Crippen molar-refractivity contribution in [1.82, 2.24) is 14.9 Å². The number of halogens is 1. The molecule has 1 atom stereocenters. The highest BCUT2D eigenvalue weighted by Crippen LogP contribution is 2.59. The molecule has 1 aliphatic heterocycles. The number of carbonyl (C=O) groups is 1. The summed E-state index contributed by atoms with van der Waals surface area (Å²) in [6, 6.07) is 19.9. The van der Waals surface area contributed by atoms with Crippen LogP contribution in [0, 0.1) is 11.7 Å². The van der Waals surface area contributed by atoms with Crippen molar-refractivity contribution >= 4 is 26.8 Å². The fraction of sp³-hybridized carbons (Fsp3) is 0.345. The number of likely N-dealkylation sites (tertiary alicyclic amines) is 1. The number of nitrogens with zero attached hydrogens (tertiary/aromatic N) is 3. The number of carbonyl (C=O) groups excluding carboxylic acids is 1. The van der Waals surface area contributed by atoms with Crippen LogP contribution in [0.2, 0.25) is 0 Å². The van der Waals surface area contributed by atoms with Gasteiger partial charge in [0.2, 0.25) is 0 Å². The van der Waals surface area contributed by atoms with E-state index in [1.54, 1.807) is 6.07 Å². The topological polar surface area (TPSA) is 69.2 Å². The van der Waals surface area contributed by atoms with Gasteiger partial charge in [-0.3, -0.25) is 4.90 Å². The van der Waals surface area contributed by atoms with Crippen LogP contribution in [0.4, 0.5) is 4.39 Å². The lowest BCUT2D eigenvalue weighted by Crippen LogP contribution is -2.53. The summed E-state index contributed by atoms with van der Waals surface area (Å²) in [6.45, 7) is 1.42. The highest BCUT2D eigenvalue weighted by Gasteiger charge is 2.49. The maximum atomic E-state index is 15.8. The van der Waals surface area contributed by atoms with Crippen LogP contribution >= 0.6 is 10.5 Å². The molecule has 4 aromatic rings. The zero-order valence-corrected chi connectivity index (χ0v) is 20.8. The van der Waals surface area contributed by atoms with Crippen molar-refractivity contribution in [2.75, 3.05) is 13.1 Å². The van der Waals surface area contributed by atoms with Gasteiger partial charge < -0.3 is 9.90 Å². The highest BCUT2D eigenvalue weighted by molar-refractivity contribution is 7.41. The summed E-state index contributed by atoms with van der Waals surface area (Å²) in [5.41, 5.74) is 3.50. The summed E-state index contributed by atoms with van der Waals surface area (Å²) in [4.78, 5) is 23.8. The predicted octanol–water partition coefficient (Wildman–Crippen LogP) is 5.07. The van der Waals surface area contributed by atoms with Gasteiger partial charge in [-0.2, -0.15) is 4.98 Å². The lowest BCUT2D eigenvalue weighted by atomic mass is 9.83. The van der Waals surface area contributed by atoms with Gasteiger partial charge in [-0.25, -0.2) is 9.37 Å². The van der Waals surface area contributed by atoms with E-state index >= 15 is 4.39 Å². The van der Waals surface area contributed by atoms with E-state index in [2.05, 4.69) is 24.3 Å². The quantitative estimate of drug-likeness (QED) is 0.345. The number of hydrogen-bond donors (Lipinski definition) is 0. The number of aromatic nitrogens is 2. The summed E-state index contributed by atoms with van der Waals surface area (Å²) in [5, 5.41) is 11.8. The molecule has 1 unspecified atom stereocenters. The molecule has 1 saturated heterocycles. The monoisotopic (exact) mass is 501 g/mol. The Morgan fingerprint density at radius 2 is 1.83 bits per heavy atom. The number of hydrogen-bond acceptors (Lipinski definition) is 5. The van der Waals surface area contributed by atoms with Gasteiger partial charge in [0.05, 0.1) is 5.56 Å². The van der Waals surface area contributed by atoms with Crippen LogP contribution in [-0.2, 0) is 16.1 Å². The standard InChI is InChI=1S/C29H28FN3O2S/c30-24-16-20(17-33-18-21(19-33)28(34)35)11-12-23(24)26-32-25-10-7-15-31-27(25)36(26)29(13-5-2-6-14-29)22-8-3-1-4-9-22/h1,3-4,7-12,15-16,21H,2,5-6,13-14,17-19H2. The van der Waals surface area contributed by atoms with Crippen LogP contribution in [0.15, 0.2) is 66.9 Å². The molecule has 2 aliphatic rings. The molecule has 6 rings (SSSR count). The summed E-state index contributed by atoms with van der Waals surface area (Å²) in [6.07, 6.45) is 7.37. The molecule has 2 aromatic carbocycles. The molecule has 0 amide bonds. The Morgan fingerprint density at radius 3 is 2.56 bits per heavy atom. The number of carboxylic acid groups (broad SMARTS) is 1. The fourth-order valence-electron chi connectivity index (χ4n) is 5.82. The fourth-order valence-corrected chi connectivity index (χ4v) is 8.88. The lowest BCUT2D eigenvalue weighted by molar-refractivity contribution is -0.315. The summed E-state index contributed by atoms with van der Waals surface area (Å²) in [7, 11) is -0.499. The molecule has 0 spiro atoms. The van der Waals surface area contributed by atoms with Crippen molar-refractivity contribution < 1.29 is 14.3 Å². The Bertz CT molecular complexity index is 1410. The smallest absolute Gasteiger partial charge is 0.295 e. The molecular formula is C29H28FN3O2S. The Hall–Kier alpha value is -3.16. The molecule has 7 heteroatoms. The number of rotatable bonds is 6. The minimum atomic E-state index is -1.01. The molecule has 0 bridgehead atoms. The molecule has 5 nitrogen and oxygen atoms in total. The van der Waals surface area contributed by atoms with E-state index in [1.807, 2.05) is 41.4 Å². The van der Waals surface area contributed by atoms with E-state index in [4.69, 9.17) is 9.97 Å². The third-order valence-electron chi connectivity index (χ3n) is 7.67. The van der Waals surface area contributed by atoms with Gasteiger partial charge in [0.15, 0.2) is 4.75 Å². The molecule has 0 N–H and O–H groups in total. The van der Waals surface area contributed by atoms with Crippen LogP contribution in [-0.4, -0.2) is 33.9 Å². The molecule has 1 aliphatic carbocycles. The Morgan fingerprint density at radius 1 is 1.06 bits per heavy atom. The molecule has 2 fully saturated rings. The minimum absolute atomic E-state index is 0.152. The third kappa shape index (κ3) is 4.00. The number of pyridine rings is 1. The van der Waals surface area contributed by atoms with Crippen molar-refractivity contribution in [2.24, 2.45) is 5.92 Å². The molecule has 0 radical (unpaired) electrons. The van der Waals surface area contributed by atoms with Crippen molar-refractivity contribution in [3.63, 3.8) is 0 Å². The van der Waals surface area contributed by atoms with E-state index in [0.717, 1.165) is 46.6 Å². The number of carboxylic acids is 1. The molecule has 1 saturated carbocycles. The molecular weight excluding hydrogens is 473 g/mol. The highest BCUT2D eigenvalue weighted by atomic mass is 32.2. The number of aliphatic carboxylic acids is 1. The average molecular weight is 502 g/mol. The maximum absolute atomic E-state index is 15.8. The largest absolute Gasteiger partial charge is 0.550 e. The zero-order valence-electron chi connectivity index (χ0n) is 20.0. The zero-order chi connectivity index (χ0) is 24.7. The number of fused-ring (bicyclic) bond motifs is 1. The number of benzene rings is 2. The van der Waals surface area contributed by atoms with Gasteiger partial charge in [0.25, 0.3) is 9.84 Å². The van der Waals surface area contributed by atoms with Gasteiger partial charge in [0.1, 0.15) is 11.3 Å². The van der Waals surface area contributed by atoms with Crippen LogP contribution in [0.3, 0.4) is 0 Å². The first-order valence-corrected chi connectivity index (χ1v) is 13.8.